The minimum Gasteiger partial charge on any atom is -0.370 e. The van der Waals surface area contributed by atoms with Gasteiger partial charge < -0.3 is 5.32 Å². The summed E-state index contributed by atoms with van der Waals surface area (Å²) in [5.41, 5.74) is 4.96. The van der Waals surface area contributed by atoms with Crippen molar-refractivity contribution in [2.75, 3.05) is 25.0 Å². The Bertz CT molecular complexity index is 1480. The summed E-state index contributed by atoms with van der Waals surface area (Å²) in [5, 5.41) is 8.03. The van der Waals surface area contributed by atoms with Crippen LogP contribution >= 0.6 is 15.9 Å². The quantitative estimate of drug-likeness (QED) is 0.317. The summed E-state index contributed by atoms with van der Waals surface area (Å²) < 4.78 is 30.8. The molecule has 1 aliphatic heterocycles. The molecule has 0 amide bonds. The van der Waals surface area contributed by atoms with Gasteiger partial charge in [-0.2, -0.15) is 13.9 Å². The monoisotopic (exact) mass is 567 g/mol. The number of hydrogen-bond donors (Lipinski definition) is 1. The van der Waals surface area contributed by atoms with E-state index in [1.807, 2.05) is 30.3 Å². The topological polar surface area (TPSA) is 79.6 Å². The fraction of sp³-hybridized carbons (Fsp3) is 0.333. The summed E-state index contributed by atoms with van der Waals surface area (Å²) >= 11 is 3.57. The first-order valence-corrected chi connectivity index (χ1v) is 14.5. The zero-order valence-electron chi connectivity index (χ0n) is 20.5. The smallest absolute Gasteiger partial charge is 0.243 e. The van der Waals surface area contributed by atoms with Gasteiger partial charge in [-0.05, 0) is 71.3 Å². The maximum absolute atomic E-state index is 13.3. The lowest BCUT2D eigenvalue weighted by molar-refractivity contribution is 0.275. The van der Waals surface area contributed by atoms with Crippen molar-refractivity contribution in [3.63, 3.8) is 0 Å². The molecule has 0 saturated carbocycles. The summed E-state index contributed by atoms with van der Waals surface area (Å²) in [7, 11) is -3.51. The Balaban J connectivity index is 1.36. The zero-order chi connectivity index (χ0) is 25.3. The highest BCUT2D eigenvalue weighted by Gasteiger charge is 2.30. The highest BCUT2D eigenvalue weighted by Crippen LogP contribution is 2.29. The lowest BCUT2D eigenvalue weighted by Crippen LogP contribution is -2.41. The molecular formula is C27H30BrN5O2S. The first-order chi connectivity index (χ1) is 17.4. The Morgan fingerprint density at radius 2 is 1.92 bits per heavy atom. The Morgan fingerprint density at radius 1 is 1.14 bits per heavy atom. The molecule has 1 unspecified atom stereocenters. The third-order valence-corrected chi connectivity index (χ3v) is 9.31. The van der Waals surface area contributed by atoms with Crippen LogP contribution in [0.2, 0.25) is 0 Å². The van der Waals surface area contributed by atoms with E-state index in [2.05, 4.69) is 52.3 Å². The number of halogens is 1. The van der Waals surface area contributed by atoms with Crippen LogP contribution in [-0.4, -0.2) is 47.0 Å². The molecule has 1 aliphatic rings. The van der Waals surface area contributed by atoms with Crippen molar-refractivity contribution in [3.8, 4) is 11.3 Å². The molecular weight excluding hydrogens is 538 g/mol. The van der Waals surface area contributed by atoms with E-state index in [-0.39, 0.29) is 5.92 Å². The molecule has 5 rings (SSSR count). The maximum Gasteiger partial charge on any atom is 0.243 e. The second kappa shape index (κ2) is 10.3. The average Bonchev–Trinajstić information content (AvgIpc) is 3.28. The van der Waals surface area contributed by atoms with Gasteiger partial charge in [-0.3, -0.25) is 0 Å². The summed E-state index contributed by atoms with van der Waals surface area (Å²) in [4.78, 5) is 5.21. The van der Waals surface area contributed by atoms with Gasteiger partial charge >= 0.3 is 0 Å². The number of anilines is 1. The van der Waals surface area contributed by atoms with E-state index in [9.17, 15) is 8.42 Å². The number of aromatic nitrogens is 3. The minimum atomic E-state index is -3.51. The number of piperidine rings is 1. The number of hydrogen-bond acceptors (Lipinski definition) is 5. The van der Waals surface area contributed by atoms with Crippen LogP contribution < -0.4 is 5.32 Å². The number of fused-ring (bicyclic) bond motifs is 1. The number of rotatable bonds is 7. The number of sulfonamides is 1. The van der Waals surface area contributed by atoms with E-state index < -0.39 is 10.0 Å². The molecule has 36 heavy (non-hydrogen) atoms. The molecule has 1 atom stereocenters. The van der Waals surface area contributed by atoms with Crippen molar-refractivity contribution < 1.29 is 8.42 Å². The fourth-order valence-corrected chi connectivity index (χ4v) is 6.67. The van der Waals surface area contributed by atoms with Crippen LogP contribution in [0.15, 0.2) is 70.2 Å². The van der Waals surface area contributed by atoms with E-state index in [4.69, 9.17) is 4.98 Å². The molecule has 2 aromatic carbocycles. The third kappa shape index (κ3) is 4.92. The molecule has 3 heterocycles. The molecule has 1 saturated heterocycles. The first kappa shape index (κ1) is 24.9. The number of nitrogens with one attached hydrogen (secondary N) is 1. The van der Waals surface area contributed by atoms with Crippen molar-refractivity contribution in [2.24, 2.45) is 5.92 Å². The normalized spacial score (nSPS) is 16.9. The standard InChI is InChI=1S/C27H30BrN5O2S/c1-3-20-10-12-22(13-11-20)36(34,35)32-14-6-8-21(18-32)16-29-26-15-25(23-9-5-4-7-19(23)2)31-27-24(28)17-30-33(26)27/h4-5,7,9-13,15,17,21,29H,3,6,8,14,16,18H2,1-2H3. The van der Waals surface area contributed by atoms with Gasteiger partial charge in [0.15, 0.2) is 5.65 Å². The van der Waals surface area contributed by atoms with Gasteiger partial charge in [0.25, 0.3) is 0 Å². The van der Waals surface area contributed by atoms with Crippen LogP contribution in [0.4, 0.5) is 5.82 Å². The third-order valence-electron chi connectivity index (χ3n) is 6.87. The minimum absolute atomic E-state index is 0.188. The molecule has 0 bridgehead atoms. The van der Waals surface area contributed by atoms with Crippen molar-refractivity contribution in [1.82, 2.24) is 18.9 Å². The summed E-state index contributed by atoms with van der Waals surface area (Å²) in [6.07, 6.45) is 4.44. The second-order valence-corrected chi connectivity index (χ2v) is 12.1. The molecule has 0 aliphatic carbocycles. The number of nitrogens with zero attached hydrogens (tertiary/aromatic N) is 4. The van der Waals surface area contributed by atoms with Gasteiger partial charge in [0, 0.05) is 31.3 Å². The molecule has 2 aromatic heterocycles. The Labute approximate surface area is 220 Å². The van der Waals surface area contributed by atoms with Crippen LogP contribution in [0.5, 0.6) is 0 Å². The van der Waals surface area contributed by atoms with Crippen LogP contribution in [0.25, 0.3) is 16.9 Å². The van der Waals surface area contributed by atoms with Gasteiger partial charge in [0.05, 0.1) is 21.3 Å². The molecule has 188 valence electrons. The molecule has 4 aromatic rings. The SMILES string of the molecule is CCc1ccc(S(=O)(=O)N2CCCC(CNc3cc(-c4ccccc4C)nc4c(Br)cnn34)C2)cc1. The Morgan fingerprint density at radius 3 is 2.67 bits per heavy atom. The first-order valence-electron chi connectivity index (χ1n) is 12.3. The molecule has 9 heteroatoms. The van der Waals surface area contributed by atoms with Crippen molar-refractivity contribution >= 4 is 37.4 Å². The van der Waals surface area contributed by atoms with Crippen LogP contribution in [-0.2, 0) is 16.4 Å². The molecule has 0 radical (unpaired) electrons. The zero-order valence-corrected chi connectivity index (χ0v) is 22.9. The number of benzene rings is 2. The van der Waals surface area contributed by atoms with Crippen molar-refractivity contribution in [3.05, 3.63) is 76.4 Å². The van der Waals surface area contributed by atoms with Crippen molar-refractivity contribution in [1.29, 1.82) is 0 Å². The van der Waals surface area contributed by atoms with E-state index in [0.717, 1.165) is 57.6 Å². The van der Waals surface area contributed by atoms with E-state index in [1.165, 1.54) is 0 Å². The van der Waals surface area contributed by atoms with Gasteiger partial charge in [0.2, 0.25) is 10.0 Å². The Kier molecular flexibility index (Phi) is 7.14. The lowest BCUT2D eigenvalue weighted by Gasteiger charge is -2.32. The summed E-state index contributed by atoms with van der Waals surface area (Å²) in [6.45, 7) is 5.83. The summed E-state index contributed by atoms with van der Waals surface area (Å²) in [6, 6.07) is 17.5. The fourth-order valence-electron chi connectivity index (χ4n) is 4.77. The molecule has 0 spiro atoms. The van der Waals surface area contributed by atoms with Crippen LogP contribution in [0, 0.1) is 12.8 Å². The molecule has 1 fully saturated rings. The van der Waals surface area contributed by atoms with Crippen LogP contribution in [0.1, 0.15) is 30.9 Å². The molecule has 1 N–H and O–H groups in total. The average molecular weight is 569 g/mol. The predicted octanol–water partition coefficient (Wildman–Crippen LogP) is 5.54. The van der Waals surface area contributed by atoms with E-state index in [0.29, 0.717) is 24.5 Å². The predicted molar refractivity (Wildman–Crippen MR) is 147 cm³/mol. The van der Waals surface area contributed by atoms with Gasteiger partial charge in [-0.1, -0.05) is 43.3 Å². The van der Waals surface area contributed by atoms with Crippen LogP contribution in [0.3, 0.4) is 0 Å². The van der Waals surface area contributed by atoms with E-state index in [1.54, 1.807) is 27.2 Å². The highest BCUT2D eigenvalue weighted by atomic mass is 79.9. The highest BCUT2D eigenvalue weighted by molar-refractivity contribution is 9.10. The van der Waals surface area contributed by atoms with Gasteiger partial charge in [-0.25, -0.2) is 13.4 Å². The van der Waals surface area contributed by atoms with Gasteiger partial charge in [-0.15, -0.1) is 0 Å². The van der Waals surface area contributed by atoms with E-state index >= 15 is 0 Å². The maximum atomic E-state index is 13.3. The summed E-state index contributed by atoms with van der Waals surface area (Å²) in [5.74, 6) is 1.02. The van der Waals surface area contributed by atoms with Crippen molar-refractivity contribution in [2.45, 2.75) is 38.0 Å². The lowest BCUT2D eigenvalue weighted by atomic mass is 10.00. The number of aryl methyl sites for hydroxylation is 2. The molecule has 7 nitrogen and oxygen atoms in total. The Hall–Kier alpha value is -2.75. The van der Waals surface area contributed by atoms with Gasteiger partial charge in [0.1, 0.15) is 5.82 Å². The second-order valence-electron chi connectivity index (χ2n) is 9.32. The largest absolute Gasteiger partial charge is 0.370 e.